The van der Waals surface area contributed by atoms with E-state index in [4.69, 9.17) is 4.74 Å². The maximum atomic E-state index is 12.8. The summed E-state index contributed by atoms with van der Waals surface area (Å²) in [5, 5.41) is 0. The minimum absolute atomic E-state index is 0.188. The zero-order valence-corrected chi connectivity index (χ0v) is 12.6. The molecule has 0 unspecified atom stereocenters. The number of carbonyl (C=O) groups is 1. The number of aromatic nitrogens is 1. The first-order valence-electron chi connectivity index (χ1n) is 4.74. The molecule has 0 bridgehead atoms. The van der Waals surface area contributed by atoms with Crippen molar-refractivity contribution in [3.63, 3.8) is 0 Å². The van der Waals surface area contributed by atoms with E-state index in [9.17, 15) is 13.6 Å². The maximum absolute atomic E-state index is 12.8. The van der Waals surface area contributed by atoms with Crippen LogP contribution >= 0.6 is 38.5 Å². The van der Waals surface area contributed by atoms with E-state index < -0.39 is 12.4 Å². The van der Waals surface area contributed by atoms with E-state index >= 15 is 0 Å². The molecule has 0 radical (unpaired) electrons. The smallest absolute Gasteiger partial charge is 0.310 e. The number of hydrogen-bond acceptors (Lipinski definition) is 3. The summed E-state index contributed by atoms with van der Waals surface area (Å²) in [6, 6.07) is 1.22. The second-order valence-electron chi connectivity index (χ2n) is 3.09. The molecule has 0 saturated heterocycles. The molecule has 0 aromatic carbocycles. The molecule has 0 fully saturated rings. The molecule has 0 spiro atoms. The fourth-order valence-corrected chi connectivity index (χ4v) is 2.77. The highest BCUT2D eigenvalue weighted by atomic mass is 127. The lowest BCUT2D eigenvalue weighted by atomic mass is 10.1. The van der Waals surface area contributed by atoms with Crippen LogP contribution in [-0.2, 0) is 16.0 Å². The van der Waals surface area contributed by atoms with Gasteiger partial charge in [-0.3, -0.25) is 4.79 Å². The molecule has 0 aliphatic heterocycles. The molecule has 0 atom stereocenters. The van der Waals surface area contributed by atoms with Crippen molar-refractivity contribution in [2.45, 2.75) is 19.8 Å². The summed E-state index contributed by atoms with van der Waals surface area (Å²) in [5.74, 6) is -0.531. The number of alkyl halides is 2. The molecule has 1 rings (SSSR count). The first-order valence-corrected chi connectivity index (χ1v) is 6.61. The summed E-state index contributed by atoms with van der Waals surface area (Å²) < 4.78 is 31.1. The predicted molar refractivity (Wildman–Crippen MR) is 69.9 cm³/mol. The van der Waals surface area contributed by atoms with E-state index in [0.29, 0.717) is 8.30 Å². The van der Waals surface area contributed by atoms with Crippen LogP contribution in [0.25, 0.3) is 0 Å². The molecule has 1 aromatic rings. The molecule has 1 aromatic heterocycles. The lowest BCUT2D eigenvalue weighted by Gasteiger charge is -2.10. The molecule has 3 nitrogen and oxygen atoms in total. The molecule has 17 heavy (non-hydrogen) atoms. The van der Waals surface area contributed by atoms with Crippen molar-refractivity contribution >= 4 is 44.5 Å². The number of ether oxygens (including phenoxy) is 1. The number of nitrogens with zero attached hydrogens (tertiary/aromatic N) is 1. The van der Waals surface area contributed by atoms with E-state index in [1.165, 1.54) is 6.07 Å². The Morgan fingerprint density at radius 2 is 2.29 bits per heavy atom. The molecule has 7 heteroatoms. The fourth-order valence-electron chi connectivity index (χ4n) is 1.25. The van der Waals surface area contributed by atoms with Crippen LogP contribution in [0.2, 0.25) is 0 Å². The third-order valence-corrected chi connectivity index (χ3v) is 3.24. The number of halogens is 4. The normalized spacial score (nSPS) is 10.7. The number of esters is 1. The Bertz CT molecular complexity index is 429. The lowest BCUT2D eigenvalue weighted by molar-refractivity contribution is -0.142. The summed E-state index contributed by atoms with van der Waals surface area (Å²) in [4.78, 5) is 15.3. The second-order valence-corrected chi connectivity index (χ2v) is 4.92. The number of hydrogen-bond donors (Lipinski definition) is 0. The molecule has 94 valence electrons. The van der Waals surface area contributed by atoms with Gasteiger partial charge in [0.1, 0.15) is 8.30 Å². The monoisotopic (exact) mass is 419 g/mol. The van der Waals surface area contributed by atoms with E-state index in [0.717, 1.165) is 0 Å². The van der Waals surface area contributed by atoms with E-state index in [2.05, 4.69) is 20.9 Å². The minimum Gasteiger partial charge on any atom is -0.466 e. The fraction of sp³-hybridized carbons (Fsp3) is 0.400. The van der Waals surface area contributed by atoms with Gasteiger partial charge in [0, 0.05) is 11.1 Å². The Hall–Kier alpha value is -0.310. The molecule has 1 heterocycles. The van der Waals surface area contributed by atoms with Crippen molar-refractivity contribution in [2.75, 3.05) is 6.61 Å². The van der Waals surface area contributed by atoms with Gasteiger partial charge in [-0.2, -0.15) is 0 Å². The molecule has 0 N–H and O–H groups in total. The summed E-state index contributed by atoms with van der Waals surface area (Å²) >= 11 is 4.87. The van der Waals surface area contributed by atoms with Gasteiger partial charge in [-0.05, 0) is 51.5 Å². The SMILES string of the molecule is CCOC(=O)Cc1c(C(F)F)cc(Br)nc1I. The predicted octanol–water partition coefficient (Wildman–Crippen LogP) is 3.49. The van der Waals surface area contributed by atoms with Crippen LogP contribution in [0.1, 0.15) is 24.5 Å². The van der Waals surface area contributed by atoms with Crippen LogP contribution in [-0.4, -0.2) is 17.6 Å². The zero-order chi connectivity index (χ0) is 13.0. The largest absolute Gasteiger partial charge is 0.466 e. The minimum atomic E-state index is -2.65. The average Bonchev–Trinajstić information content (AvgIpc) is 2.21. The van der Waals surface area contributed by atoms with Crippen molar-refractivity contribution in [1.29, 1.82) is 0 Å². The Morgan fingerprint density at radius 1 is 1.65 bits per heavy atom. The molecule has 0 aliphatic carbocycles. The van der Waals surface area contributed by atoms with E-state index in [1.54, 1.807) is 6.92 Å². The Balaban J connectivity index is 3.08. The van der Waals surface area contributed by atoms with Gasteiger partial charge in [-0.15, -0.1) is 0 Å². The third-order valence-electron chi connectivity index (χ3n) is 1.94. The summed E-state index contributed by atoms with van der Waals surface area (Å²) in [6.07, 6.45) is -2.83. The molecule has 0 aliphatic rings. The van der Waals surface area contributed by atoms with Gasteiger partial charge < -0.3 is 4.74 Å². The van der Waals surface area contributed by atoms with Crippen LogP contribution in [0, 0.1) is 3.70 Å². The van der Waals surface area contributed by atoms with Crippen LogP contribution in [0.5, 0.6) is 0 Å². The highest BCUT2D eigenvalue weighted by molar-refractivity contribution is 14.1. The van der Waals surface area contributed by atoms with Crippen LogP contribution in [0.4, 0.5) is 8.78 Å². The maximum Gasteiger partial charge on any atom is 0.310 e. The van der Waals surface area contributed by atoms with Gasteiger partial charge in [0.05, 0.1) is 13.0 Å². The molecular formula is C10H9BrF2INO2. The Morgan fingerprint density at radius 3 is 2.82 bits per heavy atom. The molecular weight excluding hydrogens is 411 g/mol. The van der Waals surface area contributed by atoms with Crippen LogP contribution < -0.4 is 0 Å². The zero-order valence-electron chi connectivity index (χ0n) is 8.84. The third kappa shape index (κ3) is 4.13. The van der Waals surface area contributed by atoms with Gasteiger partial charge in [-0.1, -0.05) is 0 Å². The number of pyridine rings is 1. The number of rotatable bonds is 4. The van der Waals surface area contributed by atoms with Gasteiger partial charge in [0.15, 0.2) is 0 Å². The highest BCUT2D eigenvalue weighted by Gasteiger charge is 2.20. The first kappa shape index (κ1) is 14.7. The van der Waals surface area contributed by atoms with Crippen LogP contribution in [0.3, 0.4) is 0 Å². The van der Waals surface area contributed by atoms with E-state index in [1.807, 2.05) is 22.6 Å². The quantitative estimate of drug-likeness (QED) is 0.426. The van der Waals surface area contributed by atoms with Crippen molar-refractivity contribution in [2.24, 2.45) is 0 Å². The Labute approximate surface area is 119 Å². The van der Waals surface area contributed by atoms with Crippen molar-refractivity contribution in [1.82, 2.24) is 4.98 Å². The standard InChI is InChI=1S/C10H9BrF2INO2/c1-2-17-8(16)4-6-5(9(12)13)3-7(11)15-10(6)14/h3,9H,2,4H2,1H3. The summed E-state index contributed by atoms with van der Waals surface area (Å²) in [7, 11) is 0. The average molecular weight is 420 g/mol. The van der Waals surface area contributed by atoms with Gasteiger partial charge in [-0.25, -0.2) is 13.8 Å². The summed E-state index contributed by atoms with van der Waals surface area (Å²) in [5.41, 5.74) is 0.0339. The van der Waals surface area contributed by atoms with Gasteiger partial charge >= 0.3 is 5.97 Å². The topological polar surface area (TPSA) is 39.2 Å². The van der Waals surface area contributed by atoms with Crippen molar-refractivity contribution in [3.8, 4) is 0 Å². The van der Waals surface area contributed by atoms with E-state index in [-0.39, 0.29) is 24.2 Å². The lowest BCUT2D eigenvalue weighted by Crippen LogP contribution is -2.12. The van der Waals surface area contributed by atoms with Crippen LogP contribution in [0.15, 0.2) is 10.7 Å². The first-order chi connectivity index (χ1) is 7.95. The van der Waals surface area contributed by atoms with Crippen molar-refractivity contribution in [3.05, 3.63) is 25.5 Å². The molecule has 0 saturated carbocycles. The second kappa shape index (κ2) is 6.58. The van der Waals surface area contributed by atoms with Gasteiger partial charge in [0.2, 0.25) is 0 Å². The highest BCUT2D eigenvalue weighted by Crippen LogP contribution is 2.28. The van der Waals surface area contributed by atoms with Crippen molar-refractivity contribution < 1.29 is 18.3 Å². The summed E-state index contributed by atoms with van der Waals surface area (Å²) in [6.45, 7) is 1.89. The van der Waals surface area contributed by atoms with Gasteiger partial charge in [0.25, 0.3) is 6.43 Å². The molecule has 0 amide bonds. The Kier molecular flexibility index (Phi) is 5.71. The number of carbonyl (C=O) groups excluding carboxylic acids is 1.